The fourth-order valence-corrected chi connectivity index (χ4v) is 0.921. The predicted octanol–water partition coefficient (Wildman–Crippen LogP) is -0.845. The van der Waals surface area contributed by atoms with Crippen LogP contribution in [0.4, 0.5) is 0 Å². The van der Waals surface area contributed by atoms with Gasteiger partial charge in [0.05, 0.1) is 12.8 Å². The van der Waals surface area contributed by atoms with Gasteiger partial charge in [-0.15, -0.1) is 0 Å². The summed E-state index contributed by atoms with van der Waals surface area (Å²) < 4.78 is 32.8. The van der Waals surface area contributed by atoms with Crippen LogP contribution in [0.25, 0.3) is 0 Å². The van der Waals surface area contributed by atoms with Gasteiger partial charge in [-0.2, -0.15) is 0 Å². The van der Waals surface area contributed by atoms with E-state index in [2.05, 4.69) is 4.72 Å². The number of hydrogen-bond acceptors (Lipinski definition) is 4. The largest absolute Gasteiger partial charge is 0.355 e. The van der Waals surface area contributed by atoms with Gasteiger partial charge < -0.3 is 9.47 Å². The molecule has 0 saturated carbocycles. The molecule has 68 valence electrons. The molecule has 0 aromatic heterocycles. The van der Waals surface area contributed by atoms with Gasteiger partial charge in [-0.3, -0.25) is 0 Å². The second-order valence-electron chi connectivity index (χ2n) is 2.02. The summed E-state index contributed by atoms with van der Waals surface area (Å²) in [4.78, 5) is 0. The van der Waals surface area contributed by atoms with Crippen LogP contribution in [-0.4, -0.2) is 41.7 Å². The van der Waals surface area contributed by atoms with E-state index in [1.807, 2.05) is 0 Å². The molecule has 0 aromatic rings. The van der Waals surface area contributed by atoms with Crippen LogP contribution in [0.2, 0.25) is 0 Å². The number of rotatable bonds is 5. The Morgan fingerprint density at radius 3 is 2.09 bits per heavy atom. The topological polar surface area (TPSA) is 64.6 Å². The van der Waals surface area contributed by atoms with Crippen molar-refractivity contribution in [2.45, 2.75) is 6.29 Å². The molecule has 0 spiro atoms. The van der Waals surface area contributed by atoms with Gasteiger partial charge in [0.1, 0.15) is 0 Å². The first-order valence-electron chi connectivity index (χ1n) is 3.00. The van der Waals surface area contributed by atoms with Gasteiger partial charge in [-0.05, 0) is 0 Å². The first-order chi connectivity index (χ1) is 4.99. The van der Waals surface area contributed by atoms with Crippen LogP contribution >= 0.6 is 0 Å². The molecule has 0 radical (unpaired) electrons. The summed E-state index contributed by atoms with van der Waals surface area (Å²) in [5.41, 5.74) is 0. The third-order valence-electron chi connectivity index (χ3n) is 1.04. The van der Waals surface area contributed by atoms with E-state index >= 15 is 0 Å². The third-order valence-corrected chi connectivity index (χ3v) is 1.73. The summed E-state index contributed by atoms with van der Waals surface area (Å²) in [6.07, 6.45) is 0.555. The van der Waals surface area contributed by atoms with E-state index in [-0.39, 0.29) is 6.54 Å². The zero-order valence-electron chi connectivity index (χ0n) is 6.83. The molecule has 0 aliphatic carbocycles. The van der Waals surface area contributed by atoms with Gasteiger partial charge >= 0.3 is 0 Å². The van der Waals surface area contributed by atoms with Crippen molar-refractivity contribution in [3.8, 4) is 0 Å². The molecule has 0 unspecified atom stereocenters. The van der Waals surface area contributed by atoms with Gasteiger partial charge in [-0.25, -0.2) is 13.1 Å². The standard InChI is InChI=1S/C5H13NO4S/c1-9-5(10-2)4-6-11(3,7)8/h5-6H,4H2,1-3H3. The van der Waals surface area contributed by atoms with E-state index in [4.69, 9.17) is 9.47 Å². The second-order valence-corrected chi connectivity index (χ2v) is 3.85. The molecule has 0 aliphatic rings. The molecule has 6 heteroatoms. The monoisotopic (exact) mass is 183 g/mol. The molecule has 0 aliphatic heterocycles. The minimum atomic E-state index is -3.15. The number of sulfonamides is 1. The zero-order chi connectivity index (χ0) is 8.91. The maximum atomic E-state index is 10.5. The lowest BCUT2D eigenvalue weighted by Gasteiger charge is -2.12. The smallest absolute Gasteiger partial charge is 0.208 e. The van der Waals surface area contributed by atoms with Crippen LogP contribution in [0.5, 0.6) is 0 Å². The van der Waals surface area contributed by atoms with Crippen LogP contribution in [0.3, 0.4) is 0 Å². The van der Waals surface area contributed by atoms with Crippen molar-refractivity contribution in [2.75, 3.05) is 27.0 Å². The maximum absolute atomic E-state index is 10.5. The molecule has 5 nitrogen and oxygen atoms in total. The summed E-state index contributed by atoms with van der Waals surface area (Å²) in [5.74, 6) is 0. The van der Waals surface area contributed by atoms with Crippen molar-refractivity contribution in [1.82, 2.24) is 4.72 Å². The van der Waals surface area contributed by atoms with E-state index in [1.165, 1.54) is 14.2 Å². The van der Waals surface area contributed by atoms with Crippen molar-refractivity contribution >= 4 is 10.0 Å². The SMILES string of the molecule is COC(CNS(C)(=O)=O)OC. The van der Waals surface area contributed by atoms with Crippen molar-refractivity contribution in [2.24, 2.45) is 0 Å². The van der Waals surface area contributed by atoms with Gasteiger partial charge in [0, 0.05) is 14.2 Å². The zero-order valence-corrected chi connectivity index (χ0v) is 7.64. The average Bonchev–Trinajstić information content (AvgIpc) is 1.88. The highest BCUT2D eigenvalue weighted by Gasteiger charge is 2.07. The van der Waals surface area contributed by atoms with Crippen molar-refractivity contribution in [3.63, 3.8) is 0 Å². The Labute approximate surface area is 66.7 Å². The van der Waals surface area contributed by atoms with Crippen LogP contribution < -0.4 is 4.72 Å². The van der Waals surface area contributed by atoms with E-state index in [0.717, 1.165) is 6.26 Å². The first kappa shape index (κ1) is 10.8. The summed E-state index contributed by atoms with van der Waals surface area (Å²) in [7, 11) is -0.264. The summed E-state index contributed by atoms with van der Waals surface area (Å²) in [5, 5.41) is 0. The maximum Gasteiger partial charge on any atom is 0.208 e. The second kappa shape index (κ2) is 4.66. The number of methoxy groups -OCH3 is 2. The summed E-state index contributed by atoms with van der Waals surface area (Å²) in [6.45, 7) is 0.131. The average molecular weight is 183 g/mol. The Bertz CT molecular complexity index is 185. The molecule has 0 fully saturated rings. The quantitative estimate of drug-likeness (QED) is 0.564. The Morgan fingerprint density at radius 2 is 1.82 bits per heavy atom. The Morgan fingerprint density at radius 1 is 1.36 bits per heavy atom. The molecule has 0 saturated heterocycles. The Kier molecular flexibility index (Phi) is 4.58. The number of nitrogens with one attached hydrogen (secondary N) is 1. The molecule has 1 N–H and O–H groups in total. The lowest BCUT2D eigenvalue weighted by Crippen LogP contribution is -2.33. The summed E-state index contributed by atoms with van der Waals surface area (Å²) in [6, 6.07) is 0. The molecule has 0 aromatic carbocycles. The Hall–Kier alpha value is -0.170. The predicted molar refractivity (Wildman–Crippen MR) is 40.7 cm³/mol. The lowest BCUT2D eigenvalue weighted by molar-refractivity contribution is -0.0960. The van der Waals surface area contributed by atoms with Gasteiger partial charge in [0.2, 0.25) is 10.0 Å². The number of hydrogen-bond donors (Lipinski definition) is 1. The fourth-order valence-electron chi connectivity index (χ4n) is 0.482. The normalized spacial score (nSPS) is 12.4. The van der Waals surface area contributed by atoms with Gasteiger partial charge in [-0.1, -0.05) is 0 Å². The van der Waals surface area contributed by atoms with Crippen LogP contribution in [0.1, 0.15) is 0 Å². The molecular formula is C5H13NO4S. The van der Waals surface area contributed by atoms with E-state index in [1.54, 1.807) is 0 Å². The fraction of sp³-hybridized carbons (Fsp3) is 1.00. The highest BCUT2D eigenvalue weighted by molar-refractivity contribution is 7.88. The van der Waals surface area contributed by atoms with Gasteiger partial charge in [0.25, 0.3) is 0 Å². The molecule has 11 heavy (non-hydrogen) atoms. The lowest BCUT2D eigenvalue weighted by atomic mass is 10.6. The highest BCUT2D eigenvalue weighted by Crippen LogP contribution is 1.88. The Balaban J connectivity index is 3.69. The molecular weight excluding hydrogens is 170 g/mol. The minimum Gasteiger partial charge on any atom is -0.355 e. The minimum absolute atomic E-state index is 0.131. The van der Waals surface area contributed by atoms with Crippen LogP contribution in [-0.2, 0) is 19.5 Å². The van der Waals surface area contributed by atoms with E-state index in [0.29, 0.717) is 0 Å². The third kappa shape index (κ3) is 6.24. The van der Waals surface area contributed by atoms with Crippen LogP contribution in [0.15, 0.2) is 0 Å². The highest BCUT2D eigenvalue weighted by atomic mass is 32.2. The molecule has 0 heterocycles. The van der Waals surface area contributed by atoms with Gasteiger partial charge in [0.15, 0.2) is 6.29 Å². The van der Waals surface area contributed by atoms with E-state index in [9.17, 15) is 8.42 Å². The van der Waals surface area contributed by atoms with Crippen molar-refractivity contribution < 1.29 is 17.9 Å². The van der Waals surface area contributed by atoms with Crippen molar-refractivity contribution in [3.05, 3.63) is 0 Å². The molecule has 0 atom stereocenters. The first-order valence-corrected chi connectivity index (χ1v) is 4.89. The van der Waals surface area contributed by atoms with Crippen molar-refractivity contribution in [1.29, 1.82) is 0 Å². The van der Waals surface area contributed by atoms with E-state index < -0.39 is 16.3 Å². The van der Waals surface area contributed by atoms with Crippen LogP contribution in [0, 0.1) is 0 Å². The summed E-state index contributed by atoms with van der Waals surface area (Å²) >= 11 is 0. The molecule has 0 rings (SSSR count). The molecule has 0 amide bonds. The number of ether oxygens (including phenoxy) is 2. The molecule has 0 bridgehead atoms.